The van der Waals surface area contributed by atoms with E-state index in [2.05, 4.69) is 5.32 Å². The number of amides is 1. The maximum atomic E-state index is 13.5. The molecule has 0 spiro atoms. The van der Waals surface area contributed by atoms with Crippen LogP contribution in [0.15, 0.2) is 18.2 Å². The lowest BCUT2D eigenvalue weighted by molar-refractivity contribution is -0.122. The van der Waals surface area contributed by atoms with Gasteiger partial charge in [0.25, 0.3) is 0 Å². The van der Waals surface area contributed by atoms with Gasteiger partial charge in [0.15, 0.2) is 11.6 Å². The first-order valence-corrected chi connectivity index (χ1v) is 7.34. The number of hydrogen-bond donors (Lipinski definition) is 2. The zero-order valence-corrected chi connectivity index (χ0v) is 12.3. The third-order valence-electron chi connectivity index (χ3n) is 4.01. The summed E-state index contributed by atoms with van der Waals surface area (Å²) >= 11 is 0. The Morgan fingerprint density at radius 3 is 2.76 bits per heavy atom. The van der Waals surface area contributed by atoms with Crippen molar-refractivity contribution in [2.45, 2.75) is 44.1 Å². The zero-order valence-electron chi connectivity index (χ0n) is 12.3. The molecule has 0 bridgehead atoms. The van der Waals surface area contributed by atoms with Gasteiger partial charge in [-0.2, -0.15) is 0 Å². The van der Waals surface area contributed by atoms with Crippen LogP contribution in [0, 0.1) is 5.82 Å². The molecule has 0 radical (unpaired) electrons. The van der Waals surface area contributed by atoms with Crippen LogP contribution in [0.5, 0.6) is 5.75 Å². The first-order chi connectivity index (χ1) is 10.0. The van der Waals surface area contributed by atoms with Gasteiger partial charge in [0.2, 0.25) is 5.91 Å². The fraction of sp³-hybridized carbons (Fsp3) is 0.562. The molecule has 1 saturated carbocycles. The van der Waals surface area contributed by atoms with Crippen LogP contribution in [-0.2, 0) is 11.2 Å². The van der Waals surface area contributed by atoms with E-state index in [1.54, 1.807) is 12.1 Å². The second-order valence-corrected chi connectivity index (χ2v) is 5.68. The van der Waals surface area contributed by atoms with Gasteiger partial charge in [-0.1, -0.05) is 18.9 Å². The molecule has 0 aromatic heterocycles. The number of methoxy groups -OCH3 is 1. The summed E-state index contributed by atoms with van der Waals surface area (Å²) in [6.45, 7) is 0.308. The molecule has 21 heavy (non-hydrogen) atoms. The summed E-state index contributed by atoms with van der Waals surface area (Å²) in [7, 11) is 1.42. The quantitative estimate of drug-likeness (QED) is 0.846. The van der Waals surface area contributed by atoms with Crippen molar-refractivity contribution in [3.63, 3.8) is 0 Å². The summed E-state index contributed by atoms with van der Waals surface area (Å²) in [6.07, 6.45) is 4.26. The molecule has 1 aliphatic carbocycles. The molecule has 1 fully saturated rings. The highest BCUT2D eigenvalue weighted by molar-refractivity contribution is 5.76. The molecule has 2 N–H and O–H groups in total. The second kappa shape index (κ2) is 6.89. The van der Waals surface area contributed by atoms with E-state index in [1.165, 1.54) is 13.2 Å². The number of ether oxygens (including phenoxy) is 1. The van der Waals surface area contributed by atoms with E-state index in [-0.39, 0.29) is 18.1 Å². The van der Waals surface area contributed by atoms with Gasteiger partial charge < -0.3 is 15.2 Å². The Morgan fingerprint density at radius 1 is 1.43 bits per heavy atom. The van der Waals surface area contributed by atoms with Crippen LogP contribution in [0.25, 0.3) is 0 Å². The minimum absolute atomic E-state index is 0.119. The summed E-state index contributed by atoms with van der Waals surface area (Å²) in [4.78, 5) is 11.8. The molecule has 1 aromatic carbocycles. The predicted molar refractivity (Wildman–Crippen MR) is 77.7 cm³/mol. The van der Waals surface area contributed by atoms with E-state index >= 15 is 0 Å². The molecule has 0 heterocycles. The fourth-order valence-electron chi connectivity index (χ4n) is 2.68. The van der Waals surface area contributed by atoms with Gasteiger partial charge in [0, 0.05) is 13.0 Å². The highest BCUT2D eigenvalue weighted by atomic mass is 19.1. The molecule has 0 aliphatic heterocycles. The number of nitrogens with one attached hydrogen (secondary N) is 1. The van der Waals surface area contributed by atoms with Crippen molar-refractivity contribution in [2.24, 2.45) is 0 Å². The molecule has 4 nitrogen and oxygen atoms in total. The predicted octanol–water partition coefficient (Wildman–Crippen LogP) is 2.19. The summed E-state index contributed by atoms with van der Waals surface area (Å²) in [5, 5.41) is 12.9. The molecular weight excluding hydrogens is 273 g/mol. The minimum atomic E-state index is -0.734. The number of benzene rings is 1. The maximum Gasteiger partial charge on any atom is 0.220 e. The SMILES string of the molecule is COc1ccc(CCC(=O)NCC2(O)CCCC2)cc1F. The number of halogens is 1. The van der Waals surface area contributed by atoms with Crippen molar-refractivity contribution in [2.75, 3.05) is 13.7 Å². The van der Waals surface area contributed by atoms with E-state index in [4.69, 9.17) is 4.74 Å². The van der Waals surface area contributed by atoms with Crippen LogP contribution in [-0.4, -0.2) is 30.3 Å². The third-order valence-corrected chi connectivity index (χ3v) is 4.01. The summed E-state index contributed by atoms with van der Waals surface area (Å²) in [5.41, 5.74) is 0.0186. The summed E-state index contributed by atoms with van der Waals surface area (Å²) in [6, 6.07) is 4.69. The van der Waals surface area contributed by atoms with Crippen LogP contribution in [0.4, 0.5) is 4.39 Å². The Bertz CT molecular complexity index is 498. The highest BCUT2D eigenvalue weighted by Gasteiger charge is 2.31. The molecule has 1 aromatic rings. The normalized spacial score (nSPS) is 16.7. The Morgan fingerprint density at radius 2 is 2.14 bits per heavy atom. The van der Waals surface area contributed by atoms with Gasteiger partial charge >= 0.3 is 0 Å². The van der Waals surface area contributed by atoms with E-state index in [1.807, 2.05) is 0 Å². The monoisotopic (exact) mass is 295 g/mol. The third kappa shape index (κ3) is 4.43. The van der Waals surface area contributed by atoms with Crippen molar-refractivity contribution in [3.8, 4) is 5.75 Å². The van der Waals surface area contributed by atoms with E-state index in [9.17, 15) is 14.3 Å². The molecule has 1 amide bonds. The summed E-state index contributed by atoms with van der Waals surface area (Å²) < 4.78 is 18.4. The topological polar surface area (TPSA) is 58.6 Å². The molecule has 0 unspecified atom stereocenters. The van der Waals surface area contributed by atoms with Crippen LogP contribution in [0.2, 0.25) is 0 Å². The molecule has 2 rings (SSSR count). The lowest BCUT2D eigenvalue weighted by Gasteiger charge is -2.22. The van der Waals surface area contributed by atoms with Gasteiger partial charge in [-0.25, -0.2) is 4.39 Å². The average Bonchev–Trinajstić information content (AvgIpc) is 2.90. The van der Waals surface area contributed by atoms with Gasteiger partial charge in [-0.3, -0.25) is 4.79 Å². The maximum absolute atomic E-state index is 13.5. The Labute approximate surface area is 124 Å². The van der Waals surface area contributed by atoms with E-state index < -0.39 is 11.4 Å². The number of carbonyl (C=O) groups is 1. The number of aliphatic hydroxyl groups is 1. The van der Waals surface area contributed by atoms with Crippen LogP contribution >= 0.6 is 0 Å². The van der Waals surface area contributed by atoms with Gasteiger partial charge in [0.1, 0.15) is 0 Å². The first-order valence-electron chi connectivity index (χ1n) is 7.34. The van der Waals surface area contributed by atoms with Crippen molar-refractivity contribution in [1.82, 2.24) is 5.32 Å². The number of rotatable bonds is 6. The van der Waals surface area contributed by atoms with E-state index in [0.717, 1.165) is 31.2 Å². The molecule has 0 saturated heterocycles. The van der Waals surface area contributed by atoms with Crippen molar-refractivity contribution < 1.29 is 19.0 Å². The van der Waals surface area contributed by atoms with Crippen LogP contribution in [0.3, 0.4) is 0 Å². The molecule has 116 valence electrons. The van der Waals surface area contributed by atoms with Crippen molar-refractivity contribution in [1.29, 1.82) is 0 Å². The standard InChI is InChI=1S/C16H22FNO3/c1-21-14-6-4-12(10-13(14)17)5-7-15(19)18-11-16(20)8-2-3-9-16/h4,6,10,20H,2-3,5,7-9,11H2,1H3,(H,18,19). The number of carbonyl (C=O) groups excluding carboxylic acids is 1. The van der Waals surface area contributed by atoms with Crippen LogP contribution in [0.1, 0.15) is 37.7 Å². The summed E-state index contributed by atoms with van der Waals surface area (Å²) in [5.74, 6) is -0.339. The number of hydrogen-bond acceptors (Lipinski definition) is 3. The van der Waals surface area contributed by atoms with Crippen LogP contribution < -0.4 is 10.1 Å². The smallest absolute Gasteiger partial charge is 0.220 e. The van der Waals surface area contributed by atoms with Crippen molar-refractivity contribution >= 4 is 5.91 Å². The number of aryl methyl sites for hydroxylation is 1. The van der Waals surface area contributed by atoms with Gasteiger partial charge in [-0.15, -0.1) is 0 Å². The van der Waals surface area contributed by atoms with Crippen molar-refractivity contribution in [3.05, 3.63) is 29.6 Å². The Kier molecular flexibility index (Phi) is 5.17. The van der Waals surface area contributed by atoms with Gasteiger partial charge in [0.05, 0.1) is 12.7 Å². The first kappa shape index (κ1) is 15.8. The minimum Gasteiger partial charge on any atom is -0.494 e. The fourth-order valence-corrected chi connectivity index (χ4v) is 2.68. The highest BCUT2D eigenvalue weighted by Crippen LogP contribution is 2.28. The largest absolute Gasteiger partial charge is 0.494 e. The van der Waals surface area contributed by atoms with Gasteiger partial charge in [-0.05, 0) is 37.0 Å². The average molecular weight is 295 g/mol. The molecule has 5 heteroatoms. The van der Waals surface area contributed by atoms with E-state index in [0.29, 0.717) is 13.0 Å². The second-order valence-electron chi connectivity index (χ2n) is 5.68. The lowest BCUT2D eigenvalue weighted by atomic mass is 10.0. The molecule has 1 aliphatic rings. The molecular formula is C16H22FNO3. The Balaban J connectivity index is 1.77. The zero-order chi connectivity index (χ0) is 15.3. The lowest BCUT2D eigenvalue weighted by Crippen LogP contribution is -2.40. The Hall–Kier alpha value is -1.62. The molecule has 0 atom stereocenters.